The van der Waals surface area contributed by atoms with Gasteiger partial charge in [-0.25, -0.2) is 4.39 Å². The molecular formula is C14H18FNO3. The third-order valence-corrected chi connectivity index (χ3v) is 3.46. The zero-order valence-corrected chi connectivity index (χ0v) is 10.9. The zero-order chi connectivity index (χ0) is 13.9. The average Bonchev–Trinajstić information content (AvgIpc) is 2.33. The molecule has 0 radical (unpaired) electrons. The number of halogens is 1. The molecule has 2 rings (SSSR count). The van der Waals surface area contributed by atoms with Crippen molar-refractivity contribution in [1.29, 1.82) is 0 Å². The summed E-state index contributed by atoms with van der Waals surface area (Å²) in [4.78, 5) is 11.9. The Bertz CT molecular complexity index is 466. The first-order valence-corrected chi connectivity index (χ1v) is 6.29. The number of benzene rings is 1. The number of rotatable bonds is 5. The first kappa shape index (κ1) is 14.0. The van der Waals surface area contributed by atoms with E-state index in [2.05, 4.69) is 5.32 Å². The van der Waals surface area contributed by atoms with Gasteiger partial charge in [-0.3, -0.25) is 4.79 Å². The molecule has 2 N–H and O–H groups in total. The number of nitrogens with one attached hydrogen (secondary N) is 1. The molecule has 1 saturated heterocycles. The molecule has 0 aromatic heterocycles. The lowest BCUT2D eigenvalue weighted by atomic mass is 9.86. The number of carbonyl (C=O) groups excluding carboxylic acids is 1. The van der Waals surface area contributed by atoms with Crippen LogP contribution in [0.5, 0.6) is 0 Å². The molecule has 1 fully saturated rings. The second-order valence-electron chi connectivity index (χ2n) is 5.02. The Morgan fingerprint density at radius 2 is 2.26 bits per heavy atom. The van der Waals surface area contributed by atoms with Crippen LogP contribution in [0.4, 0.5) is 4.39 Å². The highest BCUT2D eigenvalue weighted by molar-refractivity contribution is 5.83. The van der Waals surface area contributed by atoms with Crippen molar-refractivity contribution in [1.82, 2.24) is 5.32 Å². The Hall–Kier alpha value is -1.46. The number of carbonyl (C=O) groups is 1. The van der Waals surface area contributed by atoms with Crippen LogP contribution in [0.3, 0.4) is 0 Å². The highest BCUT2D eigenvalue weighted by Gasteiger charge is 2.45. The van der Waals surface area contributed by atoms with Crippen molar-refractivity contribution in [2.24, 2.45) is 5.41 Å². The van der Waals surface area contributed by atoms with Crippen molar-refractivity contribution >= 4 is 5.91 Å². The number of aryl methyl sites for hydroxylation is 1. The van der Waals surface area contributed by atoms with Crippen LogP contribution in [-0.4, -0.2) is 37.4 Å². The molecule has 0 bridgehead atoms. The topological polar surface area (TPSA) is 58.6 Å². The van der Waals surface area contributed by atoms with Crippen LogP contribution >= 0.6 is 0 Å². The number of aliphatic hydroxyl groups excluding tert-OH is 1. The lowest BCUT2D eigenvalue weighted by Crippen LogP contribution is -2.56. The maximum atomic E-state index is 13.1. The third kappa shape index (κ3) is 2.93. The summed E-state index contributed by atoms with van der Waals surface area (Å²) in [6.07, 6.45) is 0.634. The molecule has 1 aliphatic heterocycles. The first-order valence-electron chi connectivity index (χ1n) is 6.29. The first-order chi connectivity index (χ1) is 9.07. The quantitative estimate of drug-likeness (QED) is 0.829. The normalized spacial score (nSPS) is 16.8. The van der Waals surface area contributed by atoms with Crippen LogP contribution < -0.4 is 5.32 Å². The minimum Gasteiger partial charge on any atom is -0.395 e. The highest BCUT2D eigenvalue weighted by Crippen LogP contribution is 2.26. The summed E-state index contributed by atoms with van der Waals surface area (Å²) in [5.74, 6) is -0.404. The van der Waals surface area contributed by atoms with Gasteiger partial charge in [0.05, 0.1) is 19.8 Å². The van der Waals surface area contributed by atoms with Crippen molar-refractivity contribution in [3.05, 3.63) is 35.1 Å². The molecule has 1 aromatic rings. The predicted octanol–water partition coefficient (Wildman–Crippen LogP) is 0.802. The Labute approximate surface area is 111 Å². The van der Waals surface area contributed by atoms with E-state index in [9.17, 15) is 14.3 Å². The molecule has 0 saturated carbocycles. The van der Waals surface area contributed by atoms with E-state index in [4.69, 9.17) is 4.74 Å². The van der Waals surface area contributed by atoms with Gasteiger partial charge in [0.1, 0.15) is 11.2 Å². The monoisotopic (exact) mass is 267 g/mol. The lowest BCUT2D eigenvalue weighted by molar-refractivity contribution is -0.169. The summed E-state index contributed by atoms with van der Waals surface area (Å²) in [5, 5.41) is 12.0. The van der Waals surface area contributed by atoms with Crippen molar-refractivity contribution in [2.45, 2.75) is 13.3 Å². The van der Waals surface area contributed by atoms with E-state index < -0.39 is 5.41 Å². The molecule has 1 amide bonds. The van der Waals surface area contributed by atoms with Crippen LogP contribution in [0.25, 0.3) is 0 Å². The Morgan fingerprint density at radius 1 is 1.53 bits per heavy atom. The fraction of sp³-hybridized carbons (Fsp3) is 0.500. The van der Waals surface area contributed by atoms with Crippen molar-refractivity contribution in [3.63, 3.8) is 0 Å². The van der Waals surface area contributed by atoms with Crippen LogP contribution in [0.2, 0.25) is 0 Å². The molecule has 1 heterocycles. The van der Waals surface area contributed by atoms with Gasteiger partial charge in [-0.2, -0.15) is 0 Å². The maximum absolute atomic E-state index is 13.1. The zero-order valence-electron chi connectivity index (χ0n) is 10.9. The van der Waals surface area contributed by atoms with Crippen LogP contribution in [-0.2, 0) is 16.0 Å². The maximum Gasteiger partial charge on any atom is 0.233 e. The summed E-state index contributed by atoms with van der Waals surface area (Å²) in [6, 6.07) is 4.92. The molecule has 5 heteroatoms. The standard InChI is InChI=1S/C14H18FNO3/c1-10-6-11(2-3-12(10)15)4-5-16-13(18)14(7-17)8-19-9-14/h2-3,6,17H,4-5,7-9H2,1H3,(H,16,18). The average molecular weight is 267 g/mol. The van der Waals surface area contributed by atoms with Crippen molar-refractivity contribution in [2.75, 3.05) is 26.4 Å². The van der Waals surface area contributed by atoms with E-state index in [1.165, 1.54) is 6.07 Å². The molecule has 0 atom stereocenters. The molecule has 1 aromatic carbocycles. The minimum atomic E-state index is -0.765. The largest absolute Gasteiger partial charge is 0.395 e. The van der Waals surface area contributed by atoms with E-state index in [0.29, 0.717) is 18.5 Å². The summed E-state index contributed by atoms with van der Waals surface area (Å²) in [7, 11) is 0. The summed E-state index contributed by atoms with van der Waals surface area (Å²) in [6.45, 7) is 2.51. The summed E-state index contributed by atoms with van der Waals surface area (Å²) in [5.41, 5.74) is 0.809. The van der Waals surface area contributed by atoms with Gasteiger partial charge in [0.15, 0.2) is 0 Å². The van der Waals surface area contributed by atoms with Gasteiger partial charge in [-0.05, 0) is 30.5 Å². The van der Waals surface area contributed by atoms with E-state index >= 15 is 0 Å². The molecule has 19 heavy (non-hydrogen) atoms. The van der Waals surface area contributed by atoms with Gasteiger partial charge in [0.25, 0.3) is 0 Å². The van der Waals surface area contributed by atoms with Crippen LogP contribution in [0, 0.1) is 18.2 Å². The van der Waals surface area contributed by atoms with Gasteiger partial charge in [0, 0.05) is 6.54 Å². The molecule has 1 aliphatic rings. The third-order valence-electron chi connectivity index (χ3n) is 3.46. The predicted molar refractivity (Wildman–Crippen MR) is 68.2 cm³/mol. The lowest BCUT2D eigenvalue weighted by Gasteiger charge is -2.38. The van der Waals surface area contributed by atoms with Crippen molar-refractivity contribution in [3.8, 4) is 0 Å². The van der Waals surface area contributed by atoms with E-state index in [1.807, 2.05) is 0 Å². The van der Waals surface area contributed by atoms with Gasteiger partial charge in [-0.1, -0.05) is 12.1 Å². The Kier molecular flexibility index (Phi) is 4.17. The second-order valence-corrected chi connectivity index (χ2v) is 5.02. The molecular weight excluding hydrogens is 249 g/mol. The fourth-order valence-corrected chi connectivity index (χ4v) is 2.01. The molecule has 104 valence electrons. The molecule has 0 unspecified atom stereocenters. The number of ether oxygens (including phenoxy) is 1. The Balaban J connectivity index is 1.83. The molecule has 4 nitrogen and oxygen atoms in total. The minimum absolute atomic E-state index is 0.180. The smallest absolute Gasteiger partial charge is 0.233 e. The van der Waals surface area contributed by atoms with E-state index in [0.717, 1.165) is 5.56 Å². The highest BCUT2D eigenvalue weighted by atomic mass is 19.1. The van der Waals surface area contributed by atoms with Crippen molar-refractivity contribution < 1.29 is 19.0 Å². The molecule has 0 aliphatic carbocycles. The van der Waals surface area contributed by atoms with Gasteiger partial charge < -0.3 is 15.2 Å². The van der Waals surface area contributed by atoms with Crippen LogP contribution in [0.15, 0.2) is 18.2 Å². The number of hydrogen-bond donors (Lipinski definition) is 2. The van der Waals surface area contributed by atoms with Gasteiger partial charge >= 0.3 is 0 Å². The van der Waals surface area contributed by atoms with Gasteiger partial charge in [-0.15, -0.1) is 0 Å². The van der Waals surface area contributed by atoms with E-state index in [1.54, 1.807) is 19.1 Å². The Morgan fingerprint density at radius 3 is 2.79 bits per heavy atom. The SMILES string of the molecule is Cc1cc(CCNC(=O)C2(CO)COC2)ccc1F. The van der Waals surface area contributed by atoms with Gasteiger partial charge in [0.2, 0.25) is 5.91 Å². The number of hydrogen-bond acceptors (Lipinski definition) is 3. The van der Waals surface area contributed by atoms with E-state index in [-0.39, 0.29) is 31.5 Å². The summed E-state index contributed by atoms with van der Waals surface area (Å²) >= 11 is 0. The summed E-state index contributed by atoms with van der Waals surface area (Å²) < 4.78 is 18.1. The fourth-order valence-electron chi connectivity index (χ4n) is 2.01. The van der Waals surface area contributed by atoms with Crippen LogP contribution in [0.1, 0.15) is 11.1 Å². The number of amides is 1. The second kappa shape index (κ2) is 5.67. The molecule has 0 spiro atoms. The number of aliphatic hydroxyl groups is 1.